The highest BCUT2D eigenvalue weighted by Gasteiger charge is 2.43. The third-order valence-corrected chi connectivity index (χ3v) is 3.81. The molecule has 4 nitrogen and oxygen atoms in total. The lowest BCUT2D eigenvalue weighted by Crippen LogP contribution is -2.25. The number of carbonyl (C=O) groups excluding carboxylic acids is 1. The van der Waals surface area contributed by atoms with Crippen LogP contribution in [0.2, 0.25) is 0 Å². The molecular formula is C15H16FN3O. The van der Waals surface area contributed by atoms with E-state index >= 15 is 0 Å². The number of hydrogen-bond donors (Lipinski definition) is 2. The van der Waals surface area contributed by atoms with E-state index in [4.69, 9.17) is 0 Å². The Morgan fingerprint density at radius 3 is 2.85 bits per heavy atom. The van der Waals surface area contributed by atoms with Crippen LogP contribution in [0.3, 0.4) is 0 Å². The second-order valence-electron chi connectivity index (χ2n) is 5.24. The molecule has 0 saturated heterocycles. The first-order valence-electron chi connectivity index (χ1n) is 6.67. The predicted molar refractivity (Wildman–Crippen MR) is 72.4 cm³/mol. The second-order valence-corrected chi connectivity index (χ2v) is 5.24. The van der Waals surface area contributed by atoms with Crippen LogP contribution in [0.25, 0.3) is 0 Å². The van der Waals surface area contributed by atoms with Gasteiger partial charge in [-0.25, -0.2) is 4.39 Å². The molecule has 5 heteroatoms. The van der Waals surface area contributed by atoms with Crippen LogP contribution in [-0.2, 0) is 11.3 Å². The molecule has 1 aliphatic carbocycles. The molecule has 2 aromatic rings. The summed E-state index contributed by atoms with van der Waals surface area (Å²) in [5.41, 5.74) is 3.00. The van der Waals surface area contributed by atoms with Crippen LogP contribution >= 0.6 is 0 Å². The summed E-state index contributed by atoms with van der Waals surface area (Å²) in [6, 6.07) is 6.40. The first-order valence-corrected chi connectivity index (χ1v) is 6.67. The zero-order valence-electron chi connectivity index (χ0n) is 11.2. The minimum Gasteiger partial charge on any atom is -0.352 e. The van der Waals surface area contributed by atoms with Crippen molar-refractivity contribution in [2.75, 3.05) is 0 Å². The van der Waals surface area contributed by atoms with Crippen LogP contribution in [0.15, 0.2) is 30.5 Å². The molecule has 0 radical (unpaired) electrons. The minimum absolute atomic E-state index is 0.00710. The zero-order chi connectivity index (χ0) is 14.1. The number of nitrogens with zero attached hydrogens (tertiary/aromatic N) is 1. The van der Waals surface area contributed by atoms with E-state index in [1.165, 1.54) is 12.1 Å². The number of benzene rings is 1. The Morgan fingerprint density at radius 2 is 2.20 bits per heavy atom. The smallest absolute Gasteiger partial charge is 0.224 e. The standard InChI is InChI=1S/C15H16FN3O/c1-9-11(8-18-19-9)7-17-15(20)14-6-13(14)10-2-4-12(16)5-3-10/h2-5,8,13-14H,6-7H2,1H3,(H,17,20)(H,18,19). The van der Waals surface area contributed by atoms with Gasteiger partial charge in [0, 0.05) is 23.7 Å². The number of nitrogens with one attached hydrogen (secondary N) is 2. The van der Waals surface area contributed by atoms with Gasteiger partial charge >= 0.3 is 0 Å². The lowest BCUT2D eigenvalue weighted by atomic mass is 10.1. The van der Waals surface area contributed by atoms with Crippen molar-refractivity contribution in [2.24, 2.45) is 5.92 Å². The number of amides is 1. The van der Waals surface area contributed by atoms with Gasteiger partial charge in [-0.3, -0.25) is 9.89 Å². The summed E-state index contributed by atoms with van der Waals surface area (Å²) < 4.78 is 12.9. The number of hydrogen-bond acceptors (Lipinski definition) is 2. The maximum atomic E-state index is 12.9. The molecule has 0 aliphatic heterocycles. The molecule has 104 valence electrons. The highest BCUT2D eigenvalue weighted by Crippen LogP contribution is 2.47. The monoisotopic (exact) mass is 273 g/mol. The van der Waals surface area contributed by atoms with Crippen LogP contribution in [0.4, 0.5) is 4.39 Å². The molecule has 1 aliphatic rings. The van der Waals surface area contributed by atoms with E-state index in [0.29, 0.717) is 6.54 Å². The van der Waals surface area contributed by atoms with E-state index < -0.39 is 0 Å². The highest BCUT2D eigenvalue weighted by atomic mass is 19.1. The summed E-state index contributed by atoms with van der Waals surface area (Å²) in [5, 5.41) is 9.69. The minimum atomic E-state index is -0.245. The van der Waals surface area contributed by atoms with Gasteiger partial charge in [-0.05, 0) is 37.0 Å². The quantitative estimate of drug-likeness (QED) is 0.898. The fourth-order valence-corrected chi connectivity index (χ4v) is 2.43. The molecule has 1 fully saturated rings. The number of aryl methyl sites for hydroxylation is 1. The van der Waals surface area contributed by atoms with Crippen molar-refractivity contribution < 1.29 is 9.18 Å². The fraction of sp³-hybridized carbons (Fsp3) is 0.333. The molecular weight excluding hydrogens is 257 g/mol. The molecule has 1 heterocycles. The van der Waals surface area contributed by atoms with Gasteiger partial charge in [-0.15, -0.1) is 0 Å². The van der Waals surface area contributed by atoms with Crippen molar-refractivity contribution >= 4 is 5.91 Å². The van der Waals surface area contributed by atoms with Gasteiger partial charge in [0.1, 0.15) is 5.82 Å². The normalized spacial score (nSPS) is 20.7. The lowest BCUT2D eigenvalue weighted by molar-refractivity contribution is -0.122. The third-order valence-electron chi connectivity index (χ3n) is 3.81. The van der Waals surface area contributed by atoms with Gasteiger partial charge in [-0.2, -0.15) is 5.10 Å². The van der Waals surface area contributed by atoms with Crippen LogP contribution in [0.1, 0.15) is 29.2 Å². The molecule has 2 N–H and O–H groups in total. The average molecular weight is 273 g/mol. The molecule has 1 saturated carbocycles. The van der Waals surface area contributed by atoms with Crippen LogP contribution in [-0.4, -0.2) is 16.1 Å². The SMILES string of the molecule is Cc1[nH]ncc1CNC(=O)C1CC1c1ccc(F)cc1. The Morgan fingerprint density at radius 1 is 1.45 bits per heavy atom. The second kappa shape index (κ2) is 5.07. The number of aromatic amines is 1. The zero-order valence-corrected chi connectivity index (χ0v) is 11.2. The summed E-state index contributed by atoms with van der Waals surface area (Å²) in [6.07, 6.45) is 2.56. The molecule has 3 rings (SSSR count). The highest BCUT2D eigenvalue weighted by molar-refractivity contribution is 5.82. The van der Waals surface area contributed by atoms with E-state index in [9.17, 15) is 9.18 Å². The molecule has 2 unspecified atom stereocenters. The fourth-order valence-electron chi connectivity index (χ4n) is 2.43. The Balaban J connectivity index is 1.55. The molecule has 1 aromatic heterocycles. The molecule has 1 aromatic carbocycles. The lowest BCUT2D eigenvalue weighted by Gasteiger charge is -2.04. The molecule has 0 spiro atoms. The summed E-state index contributed by atoms with van der Waals surface area (Å²) in [6.45, 7) is 2.42. The van der Waals surface area contributed by atoms with Crippen molar-refractivity contribution in [1.82, 2.24) is 15.5 Å². The molecule has 2 atom stereocenters. The summed E-state index contributed by atoms with van der Waals surface area (Å²) >= 11 is 0. The maximum Gasteiger partial charge on any atom is 0.224 e. The molecule has 1 amide bonds. The van der Waals surface area contributed by atoms with Crippen LogP contribution < -0.4 is 5.32 Å². The van der Waals surface area contributed by atoms with Gasteiger partial charge in [0.05, 0.1) is 6.20 Å². The van der Waals surface area contributed by atoms with E-state index in [1.54, 1.807) is 18.3 Å². The number of halogens is 1. The summed E-state index contributed by atoms with van der Waals surface area (Å²) in [5.74, 6) is 0.0412. The first-order chi connectivity index (χ1) is 9.65. The van der Waals surface area contributed by atoms with Gasteiger partial charge in [0.25, 0.3) is 0 Å². The predicted octanol–water partition coefficient (Wildman–Crippen LogP) is 2.28. The van der Waals surface area contributed by atoms with Crippen molar-refractivity contribution in [3.63, 3.8) is 0 Å². The Hall–Kier alpha value is -2.17. The Bertz CT molecular complexity index is 620. The number of carbonyl (C=O) groups is 1. The average Bonchev–Trinajstić information content (AvgIpc) is 3.14. The third kappa shape index (κ3) is 2.57. The molecule has 0 bridgehead atoms. The number of aromatic nitrogens is 2. The number of H-pyrrole nitrogens is 1. The van der Waals surface area contributed by atoms with E-state index in [-0.39, 0.29) is 23.6 Å². The Labute approximate surface area is 116 Å². The van der Waals surface area contributed by atoms with Crippen LogP contribution in [0.5, 0.6) is 0 Å². The van der Waals surface area contributed by atoms with Crippen molar-refractivity contribution in [3.05, 3.63) is 53.1 Å². The van der Waals surface area contributed by atoms with Crippen molar-refractivity contribution in [2.45, 2.75) is 25.8 Å². The van der Waals surface area contributed by atoms with Gasteiger partial charge in [0.2, 0.25) is 5.91 Å². The summed E-state index contributed by atoms with van der Waals surface area (Å²) in [4.78, 5) is 12.0. The van der Waals surface area contributed by atoms with E-state index in [1.807, 2.05) is 6.92 Å². The van der Waals surface area contributed by atoms with Gasteiger partial charge in [0.15, 0.2) is 0 Å². The van der Waals surface area contributed by atoms with Crippen molar-refractivity contribution in [3.8, 4) is 0 Å². The van der Waals surface area contributed by atoms with Crippen molar-refractivity contribution in [1.29, 1.82) is 0 Å². The Kier molecular flexibility index (Phi) is 3.26. The largest absolute Gasteiger partial charge is 0.352 e. The number of rotatable bonds is 4. The maximum absolute atomic E-state index is 12.9. The van der Waals surface area contributed by atoms with E-state index in [2.05, 4.69) is 15.5 Å². The van der Waals surface area contributed by atoms with Gasteiger partial charge in [-0.1, -0.05) is 12.1 Å². The topological polar surface area (TPSA) is 57.8 Å². The first kappa shape index (κ1) is 12.8. The summed E-state index contributed by atoms with van der Waals surface area (Å²) in [7, 11) is 0. The molecule has 20 heavy (non-hydrogen) atoms. The van der Waals surface area contributed by atoms with E-state index in [0.717, 1.165) is 23.2 Å². The van der Waals surface area contributed by atoms with Gasteiger partial charge < -0.3 is 5.32 Å². The van der Waals surface area contributed by atoms with Crippen LogP contribution in [0, 0.1) is 18.7 Å².